The maximum Gasteiger partial charge on any atom is 0.117 e. The fourth-order valence-corrected chi connectivity index (χ4v) is 2.91. The molecule has 19 heavy (non-hydrogen) atoms. The molecule has 1 saturated heterocycles. The van der Waals surface area contributed by atoms with Gasteiger partial charge < -0.3 is 4.74 Å². The van der Waals surface area contributed by atoms with Crippen molar-refractivity contribution in [1.82, 2.24) is 0 Å². The monoisotopic (exact) mass is 252 g/mol. The van der Waals surface area contributed by atoms with Crippen molar-refractivity contribution in [3.8, 4) is 0 Å². The van der Waals surface area contributed by atoms with Gasteiger partial charge in [0.05, 0.1) is 6.61 Å². The average Bonchev–Trinajstić information content (AvgIpc) is 3.21. The Hall–Kier alpha value is -1.60. The molecule has 0 aliphatic carbocycles. The fourth-order valence-electron chi connectivity index (χ4n) is 2.91. The normalized spacial score (nSPS) is 22.2. The molecule has 0 spiro atoms. The lowest BCUT2D eigenvalue weighted by molar-refractivity contribution is 0.248. The molecule has 0 N–H and O–H groups in total. The Kier molecular flexibility index (Phi) is 2.94. The molecule has 0 saturated carbocycles. The summed E-state index contributed by atoms with van der Waals surface area (Å²) in [5, 5.41) is 0. The summed E-state index contributed by atoms with van der Waals surface area (Å²) >= 11 is 0. The van der Waals surface area contributed by atoms with E-state index in [0.717, 1.165) is 13.0 Å². The van der Waals surface area contributed by atoms with E-state index in [0.29, 0.717) is 0 Å². The van der Waals surface area contributed by atoms with Crippen molar-refractivity contribution >= 4 is 0 Å². The second-order valence-corrected chi connectivity index (χ2v) is 6.08. The van der Waals surface area contributed by atoms with Gasteiger partial charge in [-0.3, -0.25) is 0 Å². The number of benzene rings is 2. The lowest BCUT2D eigenvalue weighted by atomic mass is 9.75. The van der Waals surface area contributed by atoms with Crippen LogP contribution in [-0.4, -0.2) is 6.61 Å². The summed E-state index contributed by atoms with van der Waals surface area (Å²) in [6.07, 6.45) is 1.02. The summed E-state index contributed by atoms with van der Waals surface area (Å²) in [7, 11) is 0. The van der Waals surface area contributed by atoms with Gasteiger partial charge in [0.15, 0.2) is 0 Å². The van der Waals surface area contributed by atoms with Crippen LogP contribution in [0.4, 0.5) is 0 Å². The van der Waals surface area contributed by atoms with Crippen molar-refractivity contribution in [2.45, 2.75) is 31.3 Å². The molecule has 0 amide bonds. The molecule has 3 rings (SSSR count). The van der Waals surface area contributed by atoms with Gasteiger partial charge in [0.2, 0.25) is 0 Å². The third-order valence-corrected chi connectivity index (χ3v) is 4.08. The van der Waals surface area contributed by atoms with E-state index in [9.17, 15) is 0 Å². The van der Waals surface area contributed by atoms with Crippen molar-refractivity contribution in [3.05, 3.63) is 71.8 Å². The first-order valence-corrected chi connectivity index (χ1v) is 6.87. The van der Waals surface area contributed by atoms with E-state index in [2.05, 4.69) is 74.5 Å². The highest BCUT2D eigenvalue weighted by molar-refractivity contribution is 5.31. The third kappa shape index (κ3) is 2.43. The Labute approximate surface area is 115 Å². The maximum absolute atomic E-state index is 5.84. The zero-order chi connectivity index (χ0) is 13.3. The highest BCUT2D eigenvalue weighted by Gasteiger charge is 2.49. The number of epoxide rings is 1. The molecular weight excluding hydrogens is 232 g/mol. The molecule has 1 heterocycles. The van der Waals surface area contributed by atoms with Crippen molar-refractivity contribution in [2.24, 2.45) is 0 Å². The Morgan fingerprint density at radius 3 is 2.00 bits per heavy atom. The molecule has 2 aromatic rings. The van der Waals surface area contributed by atoms with Gasteiger partial charge >= 0.3 is 0 Å². The van der Waals surface area contributed by atoms with Crippen LogP contribution in [-0.2, 0) is 15.8 Å². The Bertz CT molecular complexity index is 499. The van der Waals surface area contributed by atoms with E-state index in [1.807, 2.05) is 0 Å². The van der Waals surface area contributed by atoms with E-state index in [1.54, 1.807) is 0 Å². The van der Waals surface area contributed by atoms with Gasteiger partial charge in [-0.2, -0.15) is 0 Å². The lowest BCUT2D eigenvalue weighted by Gasteiger charge is -2.29. The number of hydrogen-bond donors (Lipinski definition) is 0. The molecule has 0 aromatic heterocycles. The standard InChI is InChI=1S/C18H20O/c1-17(2,15-9-5-3-6-10-15)13-18(14-19-18)16-11-7-4-8-12-16/h3-12H,13-14H2,1-2H3. The molecule has 1 aliphatic heterocycles. The summed E-state index contributed by atoms with van der Waals surface area (Å²) in [5.74, 6) is 0. The van der Waals surface area contributed by atoms with E-state index < -0.39 is 0 Å². The van der Waals surface area contributed by atoms with Crippen LogP contribution in [0.5, 0.6) is 0 Å². The quantitative estimate of drug-likeness (QED) is 0.740. The van der Waals surface area contributed by atoms with Crippen molar-refractivity contribution in [2.75, 3.05) is 6.61 Å². The molecule has 0 bridgehead atoms. The van der Waals surface area contributed by atoms with E-state index in [4.69, 9.17) is 4.74 Å². The van der Waals surface area contributed by atoms with Crippen LogP contribution in [0.2, 0.25) is 0 Å². The number of ether oxygens (including phenoxy) is 1. The lowest BCUT2D eigenvalue weighted by Crippen LogP contribution is -2.25. The Balaban J connectivity index is 1.86. The highest BCUT2D eigenvalue weighted by Crippen LogP contribution is 2.48. The van der Waals surface area contributed by atoms with Crippen LogP contribution < -0.4 is 0 Å². The molecule has 1 aliphatic rings. The molecule has 2 aromatic carbocycles. The SMILES string of the molecule is CC(C)(CC1(c2ccccc2)CO1)c1ccccc1. The Morgan fingerprint density at radius 1 is 0.947 bits per heavy atom. The van der Waals surface area contributed by atoms with E-state index in [1.165, 1.54) is 11.1 Å². The molecule has 1 nitrogen and oxygen atoms in total. The maximum atomic E-state index is 5.84. The van der Waals surface area contributed by atoms with Crippen molar-refractivity contribution < 1.29 is 4.74 Å². The second kappa shape index (κ2) is 4.50. The minimum absolute atomic E-state index is 0.0688. The topological polar surface area (TPSA) is 12.5 Å². The summed E-state index contributed by atoms with van der Waals surface area (Å²) in [5.41, 5.74) is 2.73. The molecule has 0 radical (unpaired) electrons. The largest absolute Gasteiger partial charge is 0.364 e. The Morgan fingerprint density at radius 2 is 1.47 bits per heavy atom. The van der Waals surface area contributed by atoms with Crippen LogP contribution in [0, 0.1) is 0 Å². The molecule has 1 atom stereocenters. The summed E-state index contributed by atoms with van der Waals surface area (Å²) in [4.78, 5) is 0. The fraction of sp³-hybridized carbons (Fsp3) is 0.333. The van der Waals surface area contributed by atoms with Gasteiger partial charge in [-0.25, -0.2) is 0 Å². The zero-order valence-electron chi connectivity index (χ0n) is 11.6. The van der Waals surface area contributed by atoms with Gasteiger partial charge in [0.25, 0.3) is 0 Å². The highest BCUT2D eigenvalue weighted by atomic mass is 16.6. The predicted molar refractivity (Wildman–Crippen MR) is 78.2 cm³/mol. The average molecular weight is 252 g/mol. The molecule has 1 unspecified atom stereocenters. The molecule has 1 fully saturated rings. The molecule has 98 valence electrons. The number of rotatable bonds is 4. The zero-order valence-corrected chi connectivity index (χ0v) is 11.6. The molecular formula is C18H20O. The van der Waals surface area contributed by atoms with Crippen LogP contribution >= 0.6 is 0 Å². The van der Waals surface area contributed by atoms with Crippen molar-refractivity contribution in [1.29, 1.82) is 0 Å². The summed E-state index contributed by atoms with van der Waals surface area (Å²) in [6, 6.07) is 21.3. The third-order valence-electron chi connectivity index (χ3n) is 4.08. The van der Waals surface area contributed by atoms with Gasteiger partial charge in [-0.1, -0.05) is 74.5 Å². The first kappa shape index (κ1) is 12.4. The van der Waals surface area contributed by atoms with E-state index >= 15 is 0 Å². The van der Waals surface area contributed by atoms with Crippen LogP contribution in [0.3, 0.4) is 0 Å². The smallest absolute Gasteiger partial charge is 0.117 e. The van der Waals surface area contributed by atoms with Crippen LogP contribution in [0.1, 0.15) is 31.4 Å². The first-order valence-electron chi connectivity index (χ1n) is 6.87. The number of hydrogen-bond acceptors (Lipinski definition) is 1. The van der Waals surface area contributed by atoms with Crippen LogP contribution in [0.25, 0.3) is 0 Å². The minimum Gasteiger partial charge on any atom is -0.364 e. The minimum atomic E-state index is -0.0688. The molecule has 1 heteroatoms. The van der Waals surface area contributed by atoms with Gasteiger partial charge in [-0.15, -0.1) is 0 Å². The van der Waals surface area contributed by atoms with E-state index in [-0.39, 0.29) is 11.0 Å². The van der Waals surface area contributed by atoms with Gasteiger partial charge in [0.1, 0.15) is 5.60 Å². The second-order valence-electron chi connectivity index (χ2n) is 6.08. The van der Waals surface area contributed by atoms with Crippen molar-refractivity contribution in [3.63, 3.8) is 0 Å². The van der Waals surface area contributed by atoms with Gasteiger partial charge in [0, 0.05) is 0 Å². The summed E-state index contributed by atoms with van der Waals surface area (Å²) in [6.45, 7) is 5.44. The van der Waals surface area contributed by atoms with Crippen LogP contribution in [0.15, 0.2) is 60.7 Å². The van der Waals surface area contributed by atoms with Gasteiger partial charge in [-0.05, 0) is 23.0 Å². The first-order chi connectivity index (χ1) is 9.12. The predicted octanol–water partition coefficient (Wildman–Crippen LogP) is 4.28. The summed E-state index contributed by atoms with van der Waals surface area (Å²) < 4.78 is 5.84.